The molecule has 26 heavy (non-hydrogen) atoms. The van der Waals surface area contributed by atoms with Crippen LogP contribution in [0.15, 0.2) is 12.1 Å². The minimum Gasteiger partial charge on any atom is -0.332 e. The molecular formula is C18H19Cl2N3O3. The first-order valence-corrected chi connectivity index (χ1v) is 9.48. The van der Waals surface area contributed by atoms with Gasteiger partial charge >= 0.3 is 6.03 Å². The zero-order valence-electron chi connectivity index (χ0n) is 14.3. The minimum absolute atomic E-state index is 0.0464. The lowest BCUT2D eigenvalue weighted by Gasteiger charge is -2.28. The number of urea groups is 1. The van der Waals surface area contributed by atoms with Crippen LogP contribution in [0.2, 0.25) is 10.0 Å². The van der Waals surface area contributed by atoms with Gasteiger partial charge in [0.15, 0.2) is 0 Å². The van der Waals surface area contributed by atoms with Crippen molar-refractivity contribution in [3.63, 3.8) is 0 Å². The molecule has 1 saturated heterocycles. The van der Waals surface area contributed by atoms with Gasteiger partial charge < -0.3 is 10.2 Å². The largest absolute Gasteiger partial charge is 0.332 e. The highest BCUT2D eigenvalue weighted by Crippen LogP contribution is 2.44. The number of benzene rings is 1. The topological polar surface area (TPSA) is 78.5 Å². The SMILES string of the molecule is C[C@@H]1c2cc(Cl)c(Cl)cc2CN1C(=O)CC[C@@]1(C2CC2)NC(=O)NC1=O. The molecule has 2 fully saturated rings. The van der Waals surface area contributed by atoms with E-state index >= 15 is 0 Å². The van der Waals surface area contributed by atoms with E-state index in [9.17, 15) is 14.4 Å². The number of amides is 4. The summed E-state index contributed by atoms with van der Waals surface area (Å²) in [6.07, 6.45) is 2.30. The molecule has 1 saturated carbocycles. The van der Waals surface area contributed by atoms with Crippen LogP contribution >= 0.6 is 23.2 Å². The third kappa shape index (κ3) is 2.76. The fraction of sp³-hybridized carbons (Fsp3) is 0.500. The number of imide groups is 1. The molecule has 0 aromatic heterocycles. The number of rotatable bonds is 4. The van der Waals surface area contributed by atoms with Crippen LogP contribution in [0.5, 0.6) is 0 Å². The van der Waals surface area contributed by atoms with Crippen molar-refractivity contribution >= 4 is 41.0 Å². The standard InChI is InChI=1S/C18H19Cl2N3O3/c1-9-12-7-14(20)13(19)6-10(12)8-23(9)15(24)4-5-18(11-2-3-11)16(25)21-17(26)22-18/h6-7,9,11H,2-5,8H2,1H3,(H2,21,22,25,26)/t9-,18+/m1/s1. The lowest BCUT2D eigenvalue weighted by atomic mass is 9.87. The van der Waals surface area contributed by atoms with Crippen molar-refractivity contribution in [2.24, 2.45) is 5.92 Å². The third-order valence-corrected chi connectivity index (χ3v) is 6.46. The summed E-state index contributed by atoms with van der Waals surface area (Å²) < 4.78 is 0. The molecule has 6 nitrogen and oxygen atoms in total. The van der Waals surface area contributed by atoms with E-state index in [-0.39, 0.29) is 30.2 Å². The predicted molar refractivity (Wildman–Crippen MR) is 96.8 cm³/mol. The van der Waals surface area contributed by atoms with Crippen molar-refractivity contribution in [3.8, 4) is 0 Å². The molecule has 0 radical (unpaired) electrons. The summed E-state index contributed by atoms with van der Waals surface area (Å²) in [7, 11) is 0. The number of hydrogen-bond acceptors (Lipinski definition) is 3. The Morgan fingerprint density at radius 2 is 1.96 bits per heavy atom. The fourth-order valence-electron chi connectivity index (χ4n) is 4.12. The average Bonchev–Trinajstić information content (AvgIpc) is 3.33. The quantitative estimate of drug-likeness (QED) is 0.768. The average molecular weight is 396 g/mol. The van der Waals surface area contributed by atoms with E-state index in [4.69, 9.17) is 23.2 Å². The van der Waals surface area contributed by atoms with Gasteiger partial charge in [-0.3, -0.25) is 14.9 Å². The molecule has 2 atom stereocenters. The number of fused-ring (bicyclic) bond motifs is 1. The fourth-order valence-corrected chi connectivity index (χ4v) is 4.48. The molecule has 2 heterocycles. The Kier molecular flexibility index (Phi) is 4.15. The lowest BCUT2D eigenvalue weighted by Crippen LogP contribution is -2.49. The second kappa shape index (κ2) is 6.13. The molecule has 138 valence electrons. The summed E-state index contributed by atoms with van der Waals surface area (Å²) in [6, 6.07) is 3.05. The molecule has 1 aromatic rings. The first kappa shape index (κ1) is 17.6. The second-order valence-corrected chi connectivity index (χ2v) is 8.13. The van der Waals surface area contributed by atoms with Crippen molar-refractivity contribution in [2.45, 2.75) is 50.7 Å². The van der Waals surface area contributed by atoms with Crippen LogP contribution in [0, 0.1) is 5.92 Å². The van der Waals surface area contributed by atoms with Gasteiger partial charge in [0.1, 0.15) is 5.54 Å². The maximum absolute atomic E-state index is 12.8. The van der Waals surface area contributed by atoms with E-state index in [0.717, 1.165) is 24.0 Å². The Morgan fingerprint density at radius 1 is 1.27 bits per heavy atom. The van der Waals surface area contributed by atoms with Crippen molar-refractivity contribution in [3.05, 3.63) is 33.3 Å². The maximum Gasteiger partial charge on any atom is 0.322 e. The normalized spacial score (nSPS) is 27.3. The molecule has 8 heteroatoms. The van der Waals surface area contributed by atoms with Gasteiger partial charge in [0, 0.05) is 13.0 Å². The van der Waals surface area contributed by atoms with Gasteiger partial charge in [-0.2, -0.15) is 0 Å². The Hall–Kier alpha value is -1.79. The second-order valence-electron chi connectivity index (χ2n) is 7.32. The van der Waals surface area contributed by atoms with Crippen LogP contribution in [0.3, 0.4) is 0 Å². The number of halogens is 2. The first-order valence-electron chi connectivity index (χ1n) is 8.72. The van der Waals surface area contributed by atoms with E-state index < -0.39 is 11.6 Å². The van der Waals surface area contributed by atoms with E-state index in [2.05, 4.69) is 10.6 Å². The van der Waals surface area contributed by atoms with Gasteiger partial charge in [-0.05, 0) is 55.4 Å². The summed E-state index contributed by atoms with van der Waals surface area (Å²) in [5.74, 6) is -0.239. The summed E-state index contributed by atoms with van der Waals surface area (Å²) >= 11 is 12.2. The third-order valence-electron chi connectivity index (χ3n) is 5.74. The number of hydrogen-bond donors (Lipinski definition) is 2. The van der Waals surface area contributed by atoms with Gasteiger partial charge in [0.05, 0.1) is 16.1 Å². The van der Waals surface area contributed by atoms with Crippen LogP contribution < -0.4 is 10.6 Å². The molecule has 4 amide bonds. The van der Waals surface area contributed by atoms with Crippen molar-refractivity contribution < 1.29 is 14.4 Å². The maximum atomic E-state index is 12.8. The highest BCUT2D eigenvalue weighted by molar-refractivity contribution is 6.42. The molecule has 2 aliphatic heterocycles. The van der Waals surface area contributed by atoms with E-state index in [1.807, 2.05) is 13.0 Å². The van der Waals surface area contributed by atoms with Crippen LogP contribution in [0.1, 0.15) is 49.8 Å². The van der Waals surface area contributed by atoms with Crippen molar-refractivity contribution in [1.82, 2.24) is 15.5 Å². The molecule has 1 aromatic carbocycles. The van der Waals surface area contributed by atoms with Crippen LogP contribution in [0.4, 0.5) is 4.79 Å². The molecule has 3 aliphatic rings. The van der Waals surface area contributed by atoms with Gasteiger partial charge in [-0.15, -0.1) is 0 Å². The number of nitrogens with zero attached hydrogens (tertiary/aromatic N) is 1. The predicted octanol–water partition coefficient (Wildman–Crippen LogP) is 3.17. The Labute approximate surface area is 161 Å². The Morgan fingerprint density at radius 3 is 2.58 bits per heavy atom. The van der Waals surface area contributed by atoms with Gasteiger partial charge in [-0.25, -0.2) is 4.79 Å². The monoisotopic (exact) mass is 395 g/mol. The molecule has 4 rings (SSSR count). The zero-order valence-corrected chi connectivity index (χ0v) is 15.8. The highest BCUT2D eigenvalue weighted by Gasteiger charge is 2.55. The van der Waals surface area contributed by atoms with Gasteiger partial charge in [0.2, 0.25) is 5.91 Å². The van der Waals surface area contributed by atoms with Gasteiger partial charge in [0.25, 0.3) is 5.91 Å². The summed E-state index contributed by atoms with van der Waals surface area (Å²) in [5.41, 5.74) is 1.05. The molecular weight excluding hydrogens is 377 g/mol. The number of carbonyl (C=O) groups is 3. The van der Waals surface area contributed by atoms with Crippen molar-refractivity contribution in [2.75, 3.05) is 0 Å². The minimum atomic E-state index is -0.935. The van der Waals surface area contributed by atoms with E-state index in [0.29, 0.717) is 23.0 Å². The summed E-state index contributed by atoms with van der Waals surface area (Å²) in [4.78, 5) is 38.5. The molecule has 0 spiro atoms. The van der Waals surface area contributed by atoms with Crippen LogP contribution in [0.25, 0.3) is 0 Å². The smallest absolute Gasteiger partial charge is 0.322 e. The molecule has 0 bridgehead atoms. The highest BCUT2D eigenvalue weighted by atomic mass is 35.5. The Balaban J connectivity index is 1.47. The van der Waals surface area contributed by atoms with Crippen LogP contribution in [-0.4, -0.2) is 28.3 Å². The van der Waals surface area contributed by atoms with Gasteiger partial charge in [-0.1, -0.05) is 23.2 Å². The Bertz CT molecular complexity index is 824. The van der Waals surface area contributed by atoms with E-state index in [1.54, 1.807) is 11.0 Å². The number of carbonyl (C=O) groups excluding carboxylic acids is 3. The first-order chi connectivity index (χ1) is 12.3. The summed E-state index contributed by atoms with van der Waals surface area (Å²) in [6.45, 7) is 2.43. The molecule has 0 unspecified atom stereocenters. The number of nitrogens with one attached hydrogen (secondary N) is 2. The summed E-state index contributed by atoms with van der Waals surface area (Å²) in [5, 5.41) is 6.03. The zero-order chi connectivity index (χ0) is 18.6. The molecule has 2 N–H and O–H groups in total. The van der Waals surface area contributed by atoms with Crippen LogP contribution in [-0.2, 0) is 16.1 Å². The van der Waals surface area contributed by atoms with Crippen molar-refractivity contribution in [1.29, 1.82) is 0 Å². The lowest BCUT2D eigenvalue weighted by molar-refractivity contribution is -0.134. The van der Waals surface area contributed by atoms with E-state index in [1.165, 1.54) is 0 Å². The molecule has 1 aliphatic carbocycles.